The molecule has 0 fully saturated rings. The number of rotatable bonds is 5. The molecule has 0 aromatic heterocycles. The molecule has 0 spiro atoms. The van der Waals surface area contributed by atoms with Crippen molar-refractivity contribution in [3.63, 3.8) is 0 Å². The maximum absolute atomic E-state index is 13.5. The second-order valence-electron chi connectivity index (χ2n) is 4.49. The van der Waals surface area contributed by atoms with Crippen molar-refractivity contribution in [2.24, 2.45) is 0 Å². The first-order chi connectivity index (χ1) is 8.40. The first-order valence-electron chi connectivity index (χ1n) is 5.74. The van der Waals surface area contributed by atoms with Gasteiger partial charge in [0, 0.05) is 30.3 Å². The zero-order valence-corrected chi connectivity index (χ0v) is 10.7. The molecule has 1 aromatic carbocycles. The molecule has 18 heavy (non-hydrogen) atoms. The summed E-state index contributed by atoms with van der Waals surface area (Å²) in [6.07, 6.45) is 1.62. The van der Waals surface area contributed by atoms with Gasteiger partial charge in [0.15, 0.2) is 0 Å². The summed E-state index contributed by atoms with van der Waals surface area (Å²) in [5, 5.41) is 13.8. The highest BCUT2D eigenvalue weighted by atomic mass is 19.1. The van der Waals surface area contributed by atoms with Gasteiger partial charge in [-0.15, -0.1) is 0 Å². The van der Waals surface area contributed by atoms with Crippen LogP contribution in [0.1, 0.15) is 26.3 Å². The number of benzene rings is 1. The number of hydrogen-bond acceptors (Lipinski definition) is 3. The van der Waals surface area contributed by atoms with Crippen LogP contribution in [-0.2, 0) is 0 Å². The van der Waals surface area contributed by atoms with E-state index in [0.29, 0.717) is 12.6 Å². The fourth-order valence-electron chi connectivity index (χ4n) is 1.44. The smallest absolute Gasteiger partial charge is 0.270 e. The highest BCUT2D eigenvalue weighted by molar-refractivity contribution is 5.56. The molecule has 0 bridgehead atoms. The van der Waals surface area contributed by atoms with Gasteiger partial charge in [-0.05, 0) is 13.0 Å². The van der Waals surface area contributed by atoms with E-state index in [1.54, 1.807) is 6.08 Å². The van der Waals surface area contributed by atoms with Gasteiger partial charge in [-0.3, -0.25) is 10.1 Å². The lowest BCUT2D eigenvalue weighted by Crippen LogP contribution is -2.24. The van der Waals surface area contributed by atoms with Crippen LogP contribution in [0.25, 0.3) is 6.08 Å². The van der Waals surface area contributed by atoms with E-state index >= 15 is 0 Å². The average Bonchev–Trinajstić information content (AvgIpc) is 2.29. The molecule has 0 aliphatic rings. The van der Waals surface area contributed by atoms with Crippen molar-refractivity contribution >= 4 is 11.8 Å². The van der Waals surface area contributed by atoms with Crippen molar-refractivity contribution in [3.8, 4) is 0 Å². The Morgan fingerprint density at radius 1 is 1.56 bits per heavy atom. The first kappa shape index (κ1) is 14.3. The fraction of sp³-hybridized carbons (Fsp3) is 0.385. The summed E-state index contributed by atoms with van der Waals surface area (Å²) in [5.41, 5.74) is 1.06. The van der Waals surface area contributed by atoms with Gasteiger partial charge in [-0.25, -0.2) is 4.39 Å². The number of nitrogens with zero attached hydrogens (tertiary/aromatic N) is 1. The van der Waals surface area contributed by atoms with E-state index in [4.69, 9.17) is 0 Å². The minimum Gasteiger partial charge on any atom is -0.311 e. The van der Waals surface area contributed by atoms with Crippen LogP contribution in [0.15, 0.2) is 23.8 Å². The molecule has 0 aliphatic heterocycles. The Kier molecular flexibility index (Phi) is 4.97. The van der Waals surface area contributed by atoms with Gasteiger partial charge in [-0.1, -0.05) is 25.5 Å². The highest BCUT2D eigenvalue weighted by Gasteiger charge is 2.09. The molecule has 0 heterocycles. The number of nitro benzene ring substituents is 1. The second-order valence-corrected chi connectivity index (χ2v) is 4.49. The van der Waals surface area contributed by atoms with Crippen LogP contribution in [0, 0.1) is 15.9 Å². The quantitative estimate of drug-likeness (QED) is 0.647. The Labute approximate surface area is 106 Å². The number of nitro groups is 1. The SMILES string of the molecule is C/C(=C\c1cc([N+](=O)[O-])ccc1F)CNC(C)C. The standard InChI is InChI=1S/C13H17FN2O2/c1-9(2)15-8-10(3)6-11-7-12(16(17)18)4-5-13(11)14/h4-7,9,15H,8H2,1-3H3/b10-6+. The van der Waals surface area contributed by atoms with E-state index in [1.807, 2.05) is 20.8 Å². The number of hydrogen-bond donors (Lipinski definition) is 1. The summed E-state index contributed by atoms with van der Waals surface area (Å²) in [6, 6.07) is 3.86. The molecule has 0 amide bonds. The summed E-state index contributed by atoms with van der Waals surface area (Å²) >= 11 is 0. The van der Waals surface area contributed by atoms with E-state index in [-0.39, 0.29) is 11.3 Å². The van der Waals surface area contributed by atoms with Gasteiger partial charge in [0.25, 0.3) is 5.69 Å². The molecule has 5 heteroatoms. The Hall–Kier alpha value is -1.75. The molecule has 98 valence electrons. The number of halogens is 1. The van der Waals surface area contributed by atoms with Gasteiger partial charge in [0.2, 0.25) is 0 Å². The van der Waals surface area contributed by atoms with Crippen molar-refractivity contribution in [1.29, 1.82) is 0 Å². The van der Waals surface area contributed by atoms with Gasteiger partial charge < -0.3 is 5.32 Å². The van der Waals surface area contributed by atoms with E-state index < -0.39 is 10.7 Å². The van der Waals surface area contributed by atoms with Gasteiger partial charge >= 0.3 is 0 Å². The first-order valence-corrected chi connectivity index (χ1v) is 5.74. The van der Waals surface area contributed by atoms with Crippen LogP contribution in [0.2, 0.25) is 0 Å². The third-order valence-corrected chi connectivity index (χ3v) is 2.38. The molecule has 1 rings (SSSR count). The minimum absolute atomic E-state index is 0.104. The molecule has 0 atom stereocenters. The lowest BCUT2D eigenvalue weighted by atomic mass is 10.1. The Morgan fingerprint density at radius 3 is 2.78 bits per heavy atom. The molecule has 0 unspecified atom stereocenters. The topological polar surface area (TPSA) is 55.2 Å². The van der Waals surface area contributed by atoms with Crippen LogP contribution in [0.3, 0.4) is 0 Å². The average molecular weight is 252 g/mol. The third kappa shape index (κ3) is 4.25. The van der Waals surface area contributed by atoms with Crippen LogP contribution in [-0.4, -0.2) is 17.5 Å². The van der Waals surface area contributed by atoms with Crippen molar-refractivity contribution in [2.45, 2.75) is 26.8 Å². The summed E-state index contributed by atoms with van der Waals surface area (Å²) in [4.78, 5) is 10.1. The number of non-ortho nitro benzene ring substituents is 1. The largest absolute Gasteiger partial charge is 0.311 e. The monoisotopic (exact) mass is 252 g/mol. The molecule has 0 aliphatic carbocycles. The Morgan fingerprint density at radius 2 is 2.22 bits per heavy atom. The minimum atomic E-state index is -0.529. The predicted molar refractivity (Wildman–Crippen MR) is 69.8 cm³/mol. The maximum Gasteiger partial charge on any atom is 0.270 e. The molecule has 1 aromatic rings. The molecular weight excluding hydrogens is 235 g/mol. The molecule has 0 saturated carbocycles. The molecule has 0 saturated heterocycles. The van der Waals surface area contributed by atoms with Crippen LogP contribution < -0.4 is 5.32 Å². The molecule has 4 nitrogen and oxygen atoms in total. The van der Waals surface area contributed by atoms with E-state index in [2.05, 4.69) is 5.32 Å². The predicted octanol–water partition coefficient (Wildman–Crippen LogP) is 3.14. The fourth-order valence-corrected chi connectivity index (χ4v) is 1.44. The molecule has 0 radical (unpaired) electrons. The van der Waals surface area contributed by atoms with Crippen LogP contribution in [0.4, 0.5) is 10.1 Å². The Bertz CT molecular complexity index is 470. The molecule has 1 N–H and O–H groups in total. The van der Waals surface area contributed by atoms with Gasteiger partial charge in [-0.2, -0.15) is 0 Å². The zero-order chi connectivity index (χ0) is 13.7. The summed E-state index contributed by atoms with van der Waals surface area (Å²) < 4.78 is 13.5. The van der Waals surface area contributed by atoms with E-state index in [9.17, 15) is 14.5 Å². The lowest BCUT2D eigenvalue weighted by molar-refractivity contribution is -0.384. The van der Waals surface area contributed by atoms with Crippen molar-refractivity contribution in [1.82, 2.24) is 5.32 Å². The van der Waals surface area contributed by atoms with Crippen molar-refractivity contribution in [3.05, 3.63) is 45.3 Å². The molecular formula is C13H17FN2O2. The second kappa shape index (κ2) is 6.26. The summed E-state index contributed by atoms with van der Waals surface area (Å²) in [7, 11) is 0. The normalized spacial score (nSPS) is 11.9. The maximum atomic E-state index is 13.5. The van der Waals surface area contributed by atoms with Crippen LogP contribution >= 0.6 is 0 Å². The zero-order valence-electron chi connectivity index (χ0n) is 10.7. The number of nitrogens with one attached hydrogen (secondary N) is 1. The van der Waals surface area contributed by atoms with Gasteiger partial charge in [0.05, 0.1) is 4.92 Å². The van der Waals surface area contributed by atoms with Gasteiger partial charge in [0.1, 0.15) is 5.82 Å². The summed E-state index contributed by atoms with van der Waals surface area (Å²) in [5.74, 6) is -0.454. The van der Waals surface area contributed by atoms with Crippen molar-refractivity contribution < 1.29 is 9.31 Å². The van der Waals surface area contributed by atoms with E-state index in [1.165, 1.54) is 6.07 Å². The summed E-state index contributed by atoms with van der Waals surface area (Å²) in [6.45, 7) is 6.51. The lowest BCUT2D eigenvalue weighted by Gasteiger charge is -2.08. The third-order valence-electron chi connectivity index (χ3n) is 2.38. The Balaban J connectivity index is 2.91. The van der Waals surface area contributed by atoms with E-state index in [0.717, 1.165) is 17.7 Å². The highest BCUT2D eigenvalue weighted by Crippen LogP contribution is 2.19. The van der Waals surface area contributed by atoms with Crippen molar-refractivity contribution in [2.75, 3.05) is 6.54 Å². The van der Waals surface area contributed by atoms with Crippen LogP contribution in [0.5, 0.6) is 0 Å².